The van der Waals surface area contributed by atoms with E-state index in [-0.39, 0.29) is 5.91 Å². The SMILES string of the molecule is CC1(c2ccco2)NC(=O)c2ccccc2N1. The van der Waals surface area contributed by atoms with Gasteiger partial charge in [-0.2, -0.15) is 0 Å². The number of amides is 1. The minimum atomic E-state index is -0.699. The zero-order valence-electron chi connectivity index (χ0n) is 9.36. The number of nitrogens with one attached hydrogen (secondary N) is 2. The Labute approximate surface area is 98.6 Å². The van der Waals surface area contributed by atoms with Crippen molar-refractivity contribution in [1.29, 1.82) is 0 Å². The molecule has 1 aromatic carbocycles. The lowest BCUT2D eigenvalue weighted by Crippen LogP contribution is -2.52. The van der Waals surface area contributed by atoms with Crippen LogP contribution < -0.4 is 10.6 Å². The first-order valence-corrected chi connectivity index (χ1v) is 5.43. The monoisotopic (exact) mass is 228 g/mol. The van der Waals surface area contributed by atoms with Gasteiger partial charge in [0.15, 0.2) is 5.66 Å². The van der Waals surface area contributed by atoms with Crippen LogP contribution >= 0.6 is 0 Å². The summed E-state index contributed by atoms with van der Waals surface area (Å²) >= 11 is 0. The molecule has 86 valence electrons. The summed E-state index contributed by atoms with van der Waals surface area (Å²) in [4.78, 5) is 12.0. The number of benzene rings is 1. The molecular weight excluding hydrogens is 216 g/mol. The molecular formula is C13H12N2O2. The van der Waals surface area contributed by atoms with E-state index >= 15 is 0 Å². The van der Waals surface area contributed by atoms with Gasteiger partial charge in [-0.1, -0.05) is 12.1 Å². The fraction of sp³-hybridized carbons (Fsp3) is 0.154. The smallest absolute Gasteiger partial charge is 0.255 e. The second-order valence-electron chi connectivity index (χ2n) is 4.23. The molecule has 2 N–H and O–H groups in total. The Morgan fingerprint density at radius 1 is 1.12 bits per heavy atom. The number of furan rings is 1. The quantitative estimate of drug-likeness (QED) is 0.787. The highest BCUT2D eigenvalue weighted by atomic mass is 16.3. The topological polar surface area (TPSA) is 54.3 Å². The van der Waals surface area contributed by atoms with E-state index < -0.39 is 5.66 Å². The van der Waals surface area contributed by atoms with Crippen LogP contribution in [0.25, 0.3) is 0 Å². The minimum absolute atomic E-state index is 0.0988. The van der Waals surface area contributed by atoms with Crippen LogP contribution in [0.15, 0.2) is 47.1 Å². The molecule has 0 bridgehead atoms. The first kappa shape index (κ1) is 9.96. The van der Waals surface area contributed by atoms with Crippen molar-refractivity contribution < 1.29 is 9.21 Å². The Morgan fingerprint density at radius 3 is 2.71 bits per heavy atom. The highest BCUT2D eigenvalue weighted by molar-refractivity contribution is 6.02. The first-order chi connectivity index (χ1) is 8.19. The fourth-order valence-electron chi connectivity index (χ4n) is 2.07. The number of anilines is 1. The third-order valence-corrected chi connectivity index (χ3v) is 2.93. The third kappa shape index (κ3) is 1.49. The second kappa shape index (κ2) is 3.38. The molecule has 1 atom stereocenters. The molecule has 2 heterocycles. The Morgan fingerprint density at radius 2 is 1.94 bits per heavy atom. The van der Waals surface area contributed by atoms with E-state index in [0.717, 1.165) is 5.69 Å². The highest BCUT2D eigenvalue weighted by Gasteiger charge is 2.36. The van der Waals surface area contributed by atoms with Crippen LogP contribution in [0.4, 0.5) is 5.69 Å². The van der Waals surface area contributed by atoms with Crippen molar-refractivity contribution in [1.82, 2.24) is 5.32 Å². The lowest BCUT2D eigenvalue weighted by atomic mass is 10.0. The molecule has 1 aromatic heterocycles. The molecule has 0 saturated heterocycles. The molecule has 1 amide bonds. The van der Waals surface area contributed by atoms with Crippen LogP contribution in [0.5, 0.6) is 0 Å². The zero-order chi connectivity index (χ0) is 11.9. The molecule has 1 unspecified atom stereocenters. The van der Waals surface area contributed by atoms with Crippen LogP contribution in [0.2, 0.25) is 0 Å². The van der Waals surface area contributed by atoms with Gasteiger partial charge in [0, 0.05) is 5.69 Å². The normalized spacial score (nSPS) is 22.5. The lowest BCUT2D eigenvalue weighted by molar-refractivity contribution is 0.0896. The predicted molar refractivity (Wildman–Crippen MR) is 63.6 cm³/mol. The van der Waals surface area contributed by atoms with Crippen molar-refractivity contribution in [3.63, 3.8) is 0 Å². The van der Waals surface area contributed by atoms with Crippen molar-refractivity contribution in [2.75, 3.05) is 5.32 Å². The molecule has 0 spiro atoms. The van der Waals surface area contributed by atoms with Crippen LogP contribution in [0.1, 0.15) is 23.0 Å². The van der Waals surface area contributed by atoms with Crippen molar-refractivity contribution >= 4 is 11.6 Å². The van der Waals surface area contributed by atoms with Crippen LogP contribution in [0, 0.1) is 0 Å². The van der Waals surface area contributed by atoms with Gasteiger partial charge >= 0.3 is 0 Å². The van der Waals surface area contributed by atoms with Gasteiger partial charge in [-0.05, 0) is 31.2 Å². The molecule has 0 saturated carbocycles. The molecule has 0 fully saturated rings. The van der Waals surface area contributed by atoms with Gasteiger partial charge in [0.05, 0.1) is 11.8 Å². The summed E-state index contributed by atoms with van der Waals surface area (Å²) in [5.41, 5.74) is 0.765. The molecule has 4 heteroatoms. The third-order valence-electron chi connectivity index (χ3n) is 2.93. The van der Waals surface area contributed by atoms with Gasteiger partial charge in [0.1, 0.15) is 5.76 Å². The Balaban J connectivity index is 2.07. The molecule has 17 heavy (non-hydrogen) atoms. The van der Waals surface area contributed by atoms with E-state index in [9.17, 15) is 4.79 Å². The maximum Gasteiger partial charge on any atom is 0.255 e. The summed E-state index contributed by atoms with van der Waals surface area (Å²) in [6.07, 6.45) is 1.59. The summed E-state index contributed by atoms with van der Waals surface area (Å²) < 4.78 is 5.36. The number of hydrogen-bond donors (Lipinski definition) is 2. The summed E-state index contributed by atoms with van der Waals surface area (Å²) in [5.74, 6) is 0.582. The maximum atomic E-state index is 12.0. The maximum absolute atomic E-state index is 12.0. The first-order valence-electron chi connectivity index (χ1n) is 5.43. The Bertz CT molecular complexity index is 563. The summed E-state index contributed by atoms with van der Waals surface area (Å²) in [6.45, 7) is 1.87. The Kier molecular flexibility index (Phi) is 1.98. The van der Waals surface area contributed by atoms with E-state index in [1.807, 2.05) is 31.2 Å². The molecule has 1 aliphatic rings. The second-order valence-corrected chi connectivity index (χ2v) is 4.23. The number of carbonyl (C=O) groups is 1. The molecule has 0 aliphatic carbocycles. The van der Waals surface area contributed by atoms with E-state index in [2.05, 4.69) is 10.6 Å². The zero-order valence-corrected chi connectivity index (χ0v) is 9.36. The lowest BCUT2D eigenvalue weighted by Gasteiger charge is -2.35. The number of para-hydroxylation sites is 1. The van der Waals surface area contributed by atoms with Crippen molar-refractivity contribution in [2.45, 2.75) is 12.6 Å². The molecule has 1 aliphatic heterocycles. The average Bonchev–Trinajstić information content (AvgIpc) is 2.83. The number of rotatable bonds is 1. The number of hydrogen-bond acceptors (Lipinski definition) is 3. The number of fused-ring (bicyclic) bond motifs is 1. The van der Waals surface area contributed by atoms with Gasteiger partial charge < -0.3 is 15.1 Å². The predicted octanol–water partition coefficient (Wildman–Crippen LogP) is 2.31. The van der Waals surface area contributed by atoms with E-state index in [1.54, 1.807) is 18.4 Å². The van der Waals surface area contributed by atoms with Crippen LogP contribution in [-0.2, 0) is 5.66 Å². The van der Waals surface area contributed by atoms with Gasteiger partial charge in [0.2, 0.25) is 0 Å². The largest absolute Gasteiger partial charge is 0.465 e. The van der Waals surface area contributed by atoms with Crippen molar-refractivity contribution in [3.8, 4) is 0 Å². The fourth-order valence-corrected chi connectivity index (χ4v) is 2.07. The van der Waals surface area contributed by atoms with Gasteiger partial charge in [-0.3, -0.25) is 4.79 Å². The molecule has 3 rings (SSSR count). The van der Waals surface area contributed by atoms with Crippen LogP contribution in [0.3, 0.4) is 0 Å². The van der Waals surface area contributed by atoms with E-state index in [1.165, 1.54) is 0 Å². The summed E-state index contributed by atoms with van der Waals surface area (Å²) in [5, 5.41) is 6.19. The van der Waals surface area contributed by atoms with Gasteiger partial charge in [0.25, 0.3) is 5.91 Å². The molecule has 2 aromatic rings. The van der Waals surface area contributed by atoms with Crippen molar-refractivity contribution in [3.05, 3.63) is 54.0 Å². The summed E-state index contributed by atoms with van der Waals surface area (Å²) in [7, 11) is 0. The van der Waals surface area contributed by atoms with Gasteiger partial charge in [-0.15, -0.1) is 0 Å². The van der Waals surface area contributed by atoms with E-state index in [0.29, 0.717) is 11.3 Å². The standard InChI is InChI=1S/C13H12N2O2/c1-13(11-7-4-8-17-11)14-10-6-3-2-5-9(10)12(16)15-13/h2-8,14H,1H3,(H,15,16). The Hall–Kier alpha value is -2.23. The van der Waals surface area contributed by atoms with Crippen LogP contribution in [-0.4, -0.2) is 5.91 Å². The van der Waals surface area contributed by atoms with Crippen molar-refractivity contribution in [2.24, 2.45) is 0 Å². The highest BCUT2D eigenvalue weighted by Crippen LogP contribution is 2.30. The average molecular weight is 228 g/mol. The minimum Gasteiger partial charge on any atom is -0.465 e. The molecule has 0 radical (unpaired) electrons. The summed E-state index contributed by atoms with van der Waals surface area (Å²) in [6, 6.07) is 11.0. The molecule has 4 nitrogen and oxygen atoms in total. The van der Waals surface area contributed by atoms with Gasteiger partial charge in [-0.25, -0.2) is 0 Å². The number of carbonyl (C=O) groups excluding carboxylic acids is 1. The van der Waals surface area contributed by atoms with E-state index in [4.69, 9.17) is 4.42 Å².